The SMILES string of the molecule is CC(C)(C)NC(N)=NCCCSc1ccc(F)cc1.I. The zero-order valence-electron chi connectivity index (χ0n) is 12.1. The van der Waals surface area contributed by atoms with Gasteiger partial charge in [0, 0.05) is 17.0 Å². The number of nitrogens with zero attached hydrogens (tertiary/aromatic N) is 1. The molecule has 1 aromatic carbocycles. The Morgan fingerprint density at radius 2 is 1.90 bits per heavy atom. The number of benzene rings is 1. The summed E-state index contributed by atoms with van der Waals surface area (Å²) in [6, 6.07) is 6.54. The first-order chi connectivity index (χ1) is 8.87. The molecular weight excluding hydrogens is 388 g/mol. The number of hydrogen-bond acceptors (Lipinski definition) is 2. The van der Waals surface area contributed by atoms with E-state index < -0.39 is 0 Å². The predicted molar refractivity (Wildman–Crippen MR) is 96.5 cm³/mol. The fraction of sp³-hybridized carbons (Fsp3) is 0.500. The molecule has 0 heterocycles. The minimum atomic E-state index is -0.199. The molecule has 20 heavy (non-hydrogen) atoms. The Balaban J connectivity index is 0.00000361. The molecule has 0 fully saturated rings. The van der Waals surface area contributed by atoms with Crippen molar-refractivity contribution < 1.29 is 4.39 Å². The van der Waals surface area contributed by atoms with Gasteiger partial charge in [0.1, 0.15) is 5.82 Å². The van der Waals surface area contributed by atoms with E-state index in [1.807, 2.05) is 20.8 Å². The van der Waals surface area contributed by atoms with Gasteiger partial charge in [-0.2, -0.15) is 0 Å². The Morgan fingerprint density at radius 3 is 2.45 bits per heavy atom. The maximum atomic E-state index is 12.7. The van der Waals surface area contributed by atoms with Crippen LogP contribution in [0, 0.1) is 5.82 Å². The summed E-state index contributed by atoms with van der Waals surface area (Å²) in [6.45, 7) is 6.82. The molecular formula is C14H23FIN3S. The van der Waals surface area contributed by atoms with Crippen LogP contribution in [0.2, 0.25) is 0 Å². The van der Waals surface area contributed by atoms with Gasteiger partial charge < -0.3 is 11.1 Å². The number of halogens is 2. The first-order valence-electron chi connectivity index (χ1n) is 6.33. The summed E-state index contributed by atoms with van der Waals surface area (Å²) in [5, 5.41) is 3.11. The van der Waals surface area contributed by atoms with Crippen LogP contribution in [-0.2, 0) is 0 Å². The van der Waals surface area contributed by atoms with Gasteiger partial charge in [-0.3, -0.25) is 4.99 Å². The van der Waals surface area contributed by atoms with Gasteiger partial charge in [0.2, 0.25) is 0 Å². The average molecular weight is 411 g/mol. The molecule has 0 saturated carbocycles. The predicted octanol–water partition coefficient (Wildman–Crippen LogP) is 3.63. The number of nitrogens with two attached hydrogens (primary N) is 1. The molecule has 0 saturated heterocycles. The van der Waals surface area contributed by atoms with E-state index in [4.69, 9.17) is 5.73 Å². The van der Waals surface area contributed by atoms with Crippen molar-refractivity contribution in [3.63, 3.8) is 0 Å². The molecule has 6 heteroatoms. The summed E-state index contributed by atoms with van der Waals surface area (Å²) < 4.78 is 12.7. The second-order valence-electron chi connectivity index (χ2n) is 5.30. The van der Waals surface area contributed by atoms with Crippen LogP contribution in [0.3, 0.4) is 0 Å². The molecule has 0 atom stereocenters. The lowest BCUT2D eigenvalue weighted by atomic mass is 10.1. The monoisotopic (exact) mass is 411 g/mol. The van der Waals surface area contributed by atoms with Crippen LogP contribution in [0.5, 0.6) is 0 Å². The zero-order chi connectivity index (χ0) is 14.3. The van der Waals surface area contributed by atoms with Crippen molar-refractivity contribution >= 4 is 41.7 Å². The molecule has 3 nitrogen and oxygen atoms in total. The summed E-state index contributed by atoms with van der Waals surface area (Å²) in [7, 11) is 0. The molecule has 1 aromatic rings. The summed E-state index contributed by atoms with van der Waals surface area (Å²) in [4.78, 5) is 5.34. The maximum Gasteiger partial charge on any atom is 0.188 e. The molecule has 0 unspecified atom stereocenters. The number of guanidine groups is 1. The van der Waals surface area contributed by atoms with Crippen molar-refractivity contribution in [3.05, 3.63) is 30.1 Å². The molecule has 0 bridgehead atoms. The molecule has 0 amide bonds. The van der Waals surface area contributed by atoms with E-state index in [0.717, 1.165) is 17.1 Å². The van der Waals surface area contributed by atoms with E-state index in [0.29, 0.717) is 12.5 Å². The van der Waals surface area contributed by atoms with Crippen molar-refractivity contribution in [1.29, 1.82) is 0 Å². The third kappa shape index (κ3) is 9.41. The van der Waals surface area contributed by atoms with Crippen molar-refractivity contribution in [2.24, 2.45) is 10.7 Å². The van der Waals surface area contributed by atoms with E-state index in [-0.39, 0.29) is 35.3 Å². The minimum Gasteiger partial charge on any atom is -0.370 e. The Morgan fingerprint density at radius 1 is 1.30 bits per heavy atom. The number of nitrogens with one attached hydrogen (secondary N) is 1. The van der Waals surface area contributed by atoms with Crippen LogP contribution in [0.1, 0.15) is 27.2 Å². The van der Waals surface area contributed by atoms with Gasteiger partial charge in [0.25, 0.3) is 0 Å². The van der Waals surface area contributed by atoms with E-state index in [9.17, 15) is 4.39 Å². The first kappa shape index (κ1) is 19.5. The summed E-state index contributed by atoms with van der Waals surface area (Å²) in [5.41, 5.74) is 5.70. The molecule has 3 N–H and O–H groups in total. The lowest BCUT2D eigenvalue weighted by molar-refractivity contribution is 0.508. The number of rotatable bonds is 5. The molecule has 0 spiro atoms. The van der Waals surface area contributed by atoms with E-state index in [1.165, 1.54) is 12.1 Å². The molecule has 1 rings (SSSR count). The van der Waals surface area contributed by atoms with Gasteiger partial charge in [-0.25, -0.2) is 4.39 Å². The second-order valence-corrected chi connectivity index (χ2v) is 6.47. The van der Waals surface area contributed by atoms with Crippen LogP contribution < -0.4 is 11.1 Å². The lowest BCUT2D eigenvalue weighted by Gasteiger charge is -2.20. The summed E-state index contributed by atoms with van der Waals surface area (Å²) in [5.74, 6) is 1.23. The molecule has 0 aromatic heterocycles. The van der Waals surface area contributed by atoms with Crippen LogP contribution in [0.25, 0.3) is 0 Å². The van der Waals surface area contributed by atoms with Gasteiger partial charge in [0.15, 0.2) is 5.96 Å². The van der Waals surface area contributed by atoms with Gasteiger partial charge in [-0.05, 0) is 57.2 Å². The lowest BCUT2D eigenvalue weighted by Crippen LogP contribution is -2.45. The maximum absolute atomic E-state index is 12.7. The van der Waals surface area contributed by atoms with Crippen molar-refractivity contribution in [3.8, 4) is 0 Å². The Kier molecular flexibility index (Phi) is 9.20. The molecule has 0 radical (unpaired) electrons. The number of thioether (sulfide) groups is 1. The largest absolute Gasteiger partial charge is 0.370 e. The van der Waals surface area contributed by atoms with Gasteiger partial charge in [0.05, 0.1) is 0 Å². The average Bonchev–Trinajstić information content (AvgIpc) is 2.29. The minimum absolute atomic E-state index is 0. The highest BCUT2D eigenvalue weighted by Gasteiger charge is 2.09. The Bertz CT molecular complexity index is 415. The zero-order valence-corrected chi connectivity index (χ0v) is 15.3. The van der Waals surface area contributed by atoms with Crippen LogP contribution >= 0.6 is 35.7 Å². The topological polar surface area (TPSA) is 50.4 Å². The number of aliphatic imine (C=N–C) groups is 1. The smallest absolute Gasteiger partial charge is 0.188 e. The third-order valence-corrected chi connectivity index (χ3v) is 3.27. The molecule has 0 aliphatic rings. The normalized spacial score (nSPS) is 11.9. The van der Waals surface area contributed by atoms with Gasteiger partial charge in [-0.1, -0.05) is 0 Å². The second kappa shape index (κ2) is 9.44. The van der Waals surface area contributed by atoms with Crippen molar-refractivity contribution in [2.45, 2.75) is 37.6 Å². The fourth-order valence-electron chi connectivity index (χ4n) is 1.41. The van der Waals surface area contributed by atoms with Gasteiger partial charge in [-0.15, -0.1) is 35.7 Å². The van der Waals surface area contributed by atoms with Crippen molar-refractivity contribution in [2.75, 3.05) is 12.3 Å². The standard InChI is InChI=1S/C14H22FN3S.HI/c1-14(2,3)18-13(16)17-9-4-10-19-12-7-5-11(15)6-8-12;/h5-8H,4,9-10H2,1-3H3,(H3,16,17,18);1H. The third-order valence-electron chi connectivity index (χ3n) is 2.17. The van der Waals surface area contributed by atoms with Crippen LogP contribution in [-0.4, -0.2) is 23.8 Å². The summed E-state index contributed by atoms with van der Waals surface area (Å²) in [6.07, 6.45) is 0.939. The quantitative estimate of drug-likeness (QED) is 0.256. The summed E-state index contributed by atoms with van der Waals surface area (Å²) >= 11 is 1.70. The first-order valence-corrected chi connectivity index (χ1v) is 7.32. The number of hydrogen-bond donors (Lipinski definition) is 2. The van der Waals surface area contributed by atoms with Gasteiger partial charge >= 0.3 is 0 Å². The highest BCUT2D eigenvalue weighted by molar-refractivity contribution is 14.0. The van der Waals surface area contributed by atoms with Crippen molar-refractivity contribution in [1.82, 2.24) is 5.32 Å². The fourth-order valence-corrected chi connectivity index (χ4v) is 2.25. The molecule has 114 valence electrons. The highest BCUT2D eigenvalue weighted by Crippen LogP contribution is 2.18. The van der Waals surface area contributed by atoms with E-state index >= 15 is 0 Å². The van der Waals surface area contributed by atoms with Crippen LogP contribution in [0.15, 0.2) is 34.2 Å². The van der Waals surface area contributed by atoms with E-state index in [1.54, 1.807) is 23.9 Å². The van der Waals surface area contributed by atoms with Crippen LogP contribution in [0.4, 0.5) is 4.39 Å². The molecule has 0 aliphatic carbocycles. The highest BCUT2D eigenvalue weighted by atomic mass is 127. The van der Waals surface area contributed by atoms with E-state index in [2.05, 4.69) is 10.3 Å². The Hall–Kier alpha value is -0.500. The molecule has 0 aliphatic heterocycles. The Labute approximate surface area is 142 Å².